The molecule has 166 valence electrons. The van der Waals surface area contributed by atoms with Crippen LogP contribution in [0, 0.1) is 9.49 Å². The molecular formula is C20H26INO8. The maximum absolute atomic E-state index is 12.3. The van der Waals surface area contributed by atoms with Crippen LogP contribution in [0.5, 0.6) is 0 Å². The quantitative estimate of drug-likeness (QED) is 0.320. The third kappa shape index (κ3) is 5.48. The normalized spacial score (nSPS) is 27.4. The van der Waals surface area contributed by atoms with Gasteiger partial charge in [-0.15, -0.1) is 0 Å². The average molecular weight is 535 g/mol. The number of piperidine rings is 1. The van der Waals surface area contributed by atoms with E-state index in [-0.39, 0.29) is 11.9 Å². The summed E-state index contributed by atoms with van der Waals surface area (Å²) in [6.45, 7) is 0. The van der Waals surface area contributed by atoms with Crippen molar-refractivity contribution < 1.29 is 39.5 Å². The van der Waals surface area contributed by atoms with Crippen molar-refractivity contribution in [2.75, 3.05) is 14.2 Å². The van der Waals surface area contributed by atoms with Gasteiger partial charge in [-0.1, -0.05) is 12.1 Å². The minimum Gasteiger partial charge on any atom is -0.479 e. The lowest BCUT2D eigenvalue weighted by Crippen LogP contribution is -2.49. The maximum atomic E-state index is 12.3. The average Bonchev–Trinajstić information content (AvgIpc) is 2.95. The SMILES string of the molecule is COC(=O)[C@H]1[C@@H](c2ccc(I)cc2)C[C@@H]2CC[C@H]1N2C.O=C(O)C(O)C(O)C(=O)O. The number of carboxylic acids is 2. The maximum Gasteiger partial charge on any atom is 0.335 e. The lowest BCUT2D eigenvalue weighted by molar-refractivity contribution is -0.165. The number of fused-ring (bicyclic) bond motifs is 2. The molecule has 2 bridgehead atoms. The molecule has 3 rings (SSSR count). The first kappa shape index (κ1) is 24.5. The van der Waals surface area contributed by atoms with Gasteiger partial charge in [0.15, 0.2) is 12.2 Å². The van der Waals surface area contributed by atoms with Crippen LogP contribution in [0.4, 0.5) is 0 Å². The van der Waals surface area contributed by atoms with Crippen molar-refractivity contribution in [3.05, 3.63) is 33.4 Å². The molecule has 30 heavy (non-hydrogen) atoms. The monoisotopic (exact) mass is 535 g/mol. The van der Waals surface area contributed by atoms with Gasteiger partial charge in [-0.2, -0.15) is 0 Å². The van der Waals surface area contributed by atoms with E-state index in [0.717, 1.165) is 12.8 Å². The summed E-state index contributed by atoms with van der Waals surface area (Å²) in [6, 6.07) is 9.56. The molecule has 2 saturated heterocycles. The number of halogens is 1. The summed E-state index contributed by atoms with van der Waals surface area (Å²) in [4.78, 5) is 34.2. The number of rotatable bonds is 5. The van der Waals surface area contributed by atoms with Crippen LogP contribution in [0.3, 0.4) is 0 Å². The molecule has 0 spiro atoms. The number of aliphatic hydroxyl groups excluding tert-OH is 2. The second-order valence-electron chi connectivity index (χ2n) is 7.47. The molecule has 0 amide bonds. The highest BCUT2D eigenvalue weighted by Crippen LogP contribution is 2.46. The Balaban J connectivity index is 0.000000274. The van der Waals surface area contributed by atoms with E-state index in [1.165, 1.54) is 22.7 Å². The predicted octanol–water partition coefficient (Wildman–Crippen LogP) is 0.908. The fourth-order valence-corrected chi connectivity index (χ4v) is 4.61. The number of esters is 1. The molecule has 2 aliphatic heterocycles. The Morgan fingerprint density at radius 1 is 1.07 bits per heavy atom. The molecule has 2 fully saturated rings. The zero-order valence-electron chi connectivity index (χ0n) is 16.6. The van der Waals surface area contributed by atoms with Gasteiger partial charge in [0.2, 0.25) is 0 Å². The zero-order valence-corrected chi connectivity index (χ0v) is 18.8. The second kappa shape index (κ2) is 10.5. The summed E-state index contributed by atoms with van der Waals surface area (Å²) in [5.41, 5.74) is 1.28. The molecular weight excluding hydrogens is 509 g/mol. The van der Waals surface area contributed by atoms with E-state index < -0.39 is 24.1 Å². The van der Waals surface area contributed by atoms with Crippen molar-refractivity contribution in [3.63, 3.8) is 0 Å². The van der Waals surface area contributed by atoms with Crippen LogP contribution in [-0.4, -0.2) is 81.7 Å². The number of nitrogens with zero attached hydrogens (tertiary/aromatic N) is 1. The smallest absolute Gasteiger partial charge is 0.335 e. The summed E-state index contributed by atoms with van der Waals surface area (Å²) in [5, 5.41) is 32.5. The number of carboxylic acid groups (broad SMARTS) is 2. The third-order valence-electron chi connectivity index (χ3n) is 5.85. The molecule has 1 aromatic carbocycles. The van der Waals surface area contributed by atoms with Gasteiger partial charge in [0.1, 0.15) is 0 Å². The minimum atomic E-state index is -2.27. The molecule has 0 saturated carbocycles. The number of methoxy groups -OCH3 is 1. The third-order valence-corrected chi connectivity index (χ3v) is 6.56. The Kier molecular flexibility index (Phi) is 8.59. The van der Waals surface area contributed by atoms with Crippen molar-refractivity contribution >= 4 is 40.5 Å². The topological polar surface area (TPSA) is 145 Å². The van der Waals surface area contributed by atoms with Gasteiger partial charge in [0, 0.05) is 21.6 Å². The first-order valence-electron chi connectivity index (χ1n) is 9.45. The van der Waals surface area contributed by atoms with Crippen LogP contribution in [0.15, 0.2) is 24.3 Å². The molecule has 10 heteroatoms. The molecule has 0 aromatic heterocycles. The fraction of sp³-hybridized carbons (Fsp3) is 0.550. The predicted molar refractivity (Wildman–Crippen MR) is 114 cm³/mol. The number of carbonyl (C=O) groups is 3. The van der Waals surface area contributed by atoms with Gasteiger partial charge in [-0.3, -0.25) is 9.69 Å². The van der Waals surface area contributed by atoms with E-state index in [9.17, 15) is 14.4 Å². The van der Waals surface area contributed by atoms with Gasteiger partial charge >= 0.3 is 17.9 Å². The molecule has 6 atom stereocenters. The van der Waals surface area contributed by atoms with Gasteiger partial charge in [0.25, 0.3) is 0 Å². The van der Waals surface area contributed by atoms with Gasteiger partial charge in [0.05, 0.1) is 13.0 Å². The molecule has 0 aliphatic carbocycles. The molecule has 9 nitrogen and oxygen atoms in total. The lowest BCUT2D eigenvalue weighted by atomic mass is 9.76. The molecule has 0 radical (unpaired) electrons. The number of carbonyl (C=O) groups excluding carboxylic acids is 1. The molecule has 2 aliphatic rings. The van der Waals surface area contributed by atoms with Crippen LogP contribution >= 0.6 is 22.6 Å². The first-order chi connectivity index (χ1) is 14.1. The highest BCUT2D eigenvalue weighted by atomic mass is 127. The molecule has 2 unspecified atom stereocenters. The van der Waals surface area contributed by atoms with E-state index in [1.54, 1.807) is 0 Å². The van der Waals surface area contributed by atoms with Crippen molar-refractivity contribution in [1.29, 1.82) is 0 Å². The number of ether oxygens (including phenoxy) is 1. The van der Waals surface area contributed by atoms with Gasteiger partial charge < -0.3 is 25.2 Å². The van der Waals surface area contributed by atoms with Crippen molar-refractivity contribution in [2.45, 2.75) is 49.5 Å². The second-order valence-corrected chi connectivity index (χ2v) is 8.72. The summed E-state index contributed by atoms with van der Waals surface area (Å²) < 4.78 is 6.33. The highest BCUT2D eigenvalue weighted by molar-refractivity contribution is 14.1. The zero-order chi connectivity index (χ0) is 22.6. The minimum absolute atomic E-state index is 0.0242. The van der Waals surface area contributed by atoms with E-state index >= 15 is 0 Å². The Morgan fingerprint density at radius 3 is 2.07 bits per heavy atom. The number of hydrogen-bond acceptors (Lipinski definition) is 7. The van der Waals surface area contributed by atoms with Gasteiger partial charge in [-0.25, -0.2) is 9.59 Å². The van der Waals surface area contributed by atoms with Gasteiger partial charge in [-0.05, 0) is 66.6 Å². The largest absolute Gasteiger partial charge is 0.479 e. The van der Waals surface area contributed by atoms with E-state index in [1.807, 2.05) is 0 Å². The Hall–Kier alpha value is -1.76. The Bertz CT molecular complexity index is 753. The molecule has 4 N–H and O–H groups in total. The van der Waals surface area contributed by atoms with E-state index in [0.29, 0.717) is 18.0 Å². The number of hydrogen-bond donors (Lipinski definition) is 4. The fourth-order valence-electron chi connectivity index (χ4n) is 4.25. The summed E-state index contributed by atoms with van der Waals surface area (Å²) in [7, 11) is 3.66. The van der Waals surface area contributed by atoms with Crippen LogP contribution in [0.25, 0.3) is 0 Å². The molecule has 2 heterocycles. The lowest BCUT2D eigenvalue weighted by Gasteiger charge is -2.41. The van der Waals surface area contributed by atoms with E-state index in [4.69, 9.17) is 25.2 Å². The van der Waals surface area contributed by atoms with Crippen molar-refractivity contribution in [1.82, 2.24) is 4.90 Å². The number of aliphatic hydroxyl groups is 2. The van der Waals surface area contributed by atoms with Crippen molar-refractivity contribution in [2.24, 2.45) is 5.92 Å². The number of benzene rings is 1. The Morgan fingerprint density at radius 2 is 1.60 bits per heavy atom. The standard InChI is InChI=1S/C16H20INO2.C4H6O6/c1-18-12-7-8-14(18)15(16(19)20-2)13(9-12)10-3-5-11(17)6-4-10;5-1(3(7)8)2(6)4(9)10/h3-6,12-15H,7-9H2,1-2H3;1-2,5-6H,(H,7,8)(H,9,10)/t12-,13+,14+,15-;/m0./s1. The summed E-state index contributed by atoms with van der Waals surface area (Å²) in [5.74, 6) is -3.31. The van der Waals surface area contributed by atoms with Crippen LogP contribution in [0.1, 0.15) is 30.7 Å². The summed E-state index contributed by atoms with van der Waals surface area (Å²) in [6.07, 6.45) is -1.15. The first-order valence-corrected chi connectivity index (χ1v) is 10.5. The number of aliphatic carboxylic acids is 2. The molecule has 1 aromatic rings. The van der Waals surface area contributed by atoms with Crippen LogP contribution in [-0.2, 0) is 19.1 Å². The highest BCUT2D eigenvalue weighted by Gasteiger charge is 2.49. The van der Waals surface area contributed by atoms with Crippen molar-refractivity contribution in [3.8, 4) is 0 Å². The van der Waals surface area contributed by atoms with Crippen LogP contribution < -0.4 is 0 Å². The van der Waals surface area contributed by atoms with Crippen LogP contribution in [0.2, 0.25) is 0 Å². The summed E-state index contributed by atoms with van der Waals surface area (Å²) >= 11 is 2.32. The Labute approximate surface area is 187 Å². The van der Waals surface area contributed by atoms with E-state index in [2.05, 4.69) is 58.8 Å².